The molecular formula is C18H26N4OS2. The maximum Gasteiger partial charge on any atom is 0.229 e. The van der Waals surface area contributed by atoms with Crippen molar-refractivity contribution < 1.29 is 4.79 Å². The fourth-order valence-corrected chi connectivity index (χ4v) is 5.05. The zero-order chi connectivity index (χ0) is 17.8. The average molecular weight is 379 g/mol. The lowest BCUT2D eigenvalue weighted by Gasteiger charge is -2.27. The number of aryl methyl sites for hydroxylation is 1. The van der Waals surface area contributed by atoms with Crippen LogP contribution in [0.2, 0.25) is 0 Å². The van der Waals surface area contributed by atoms with Gasteiger partial charge in [0.05, 0.1) is 16.3 Å². The number of hydrogen-bond acceptors (Lipinski definition) is 6. The summed E-state index contributed by atoms with van der Waals surface area (Å²) in [6, 6.07) is 0. The van der Waals surface area contributed by atoms with E-state index in [9.17, 15) is 4.79 Å². The average Bonchev–Trinajstić information content (AvgIpc) is 3.18. The van der Waals surface area contributed by atoms with E-state index in [1.807, 2.05) is 12.3 Å². The summed E-state index contributed by atoms with van der Waals surface area (Å²) in [6.07, 6.45) is 8.24. The maximum atomic E-state index is 12.6. The van der Waals surface area contributed by atoms with Crippen molar-refractivity contribution >= 4 is 38.8 Å². The first-order valence-electron chi connectivity index (χ1n) is 9.06. The van der Waals surface area contributed by atoms with Crippen LogP contribution in [0, 0.1) is 18.8 Å². The number of hydrogen-bond donors (Lipinski definition) is 2. The molecule has 1 aliphatic carbocycles. The third-order valence-corrected chi connectivity index (χ3v) is 6.73. The molecule has 25 heavy (non-hydrogen) atoms. The Balaban J connectivity index is 1.57. The van der Waals surface area contributed by atoms with Gasteiger partial charge in [-0.05, 0) is 38.5 Å². The Morgan fingerprint density at radius 1 is 1.32 bits per heavy atom. The Hall–Kier alpha value is -1.47. The van der Waals surface area contributed by atoms with Crippen molar-refractivity contribution in [1.29, 1.82) is 0 Å². The molecule has 2 heterocycles. The van der Waals surface area contributed by atoms with Crippen molar-refractivity contribution in [3.8, 4) is 10.6 Å². The van der Waals surface area contributed by atoms with E-state index in [1.165, 1.54) is 54.8 Å². The smallest absolute Gasteiger partial charge is 0.229 e. The Bertz CT molecular complexity index is 716. The molecule has 0 bridgehead atoms. The molecule has 7 heteroatoms. The SMILES string of the molecule is CCCCC1CCC(C(=O)Nc2nc(C)c(-c3csc(N)n3)s2)CC1. The van der Waals surface area contributed by atoms with Gasteiger partial charge in [0.25, 0.3) is 0 Å². The minimum atomic E-state index is 0.118. The molecule has 1 amide bonds. The van der Waals surface area contributed by atoms with Crippen LogP contribution in [-0.4, -0.2) is 15.9 Å². The second-order valence-corrected chi connectivity index (χ2v) is 8.74. The Kier molecular flexibility index (Phi) is 6.06. The lowest BCUT2D eigenvalue weighted by Crippen LogP contribution is -2.27. The molecule has 2 aromatic heterocycles. The van der Waals surface area contributed by atoms with E-state index in [0.29, 0.717) is 10.3 Å². The van der Waals surface area contributed by atoms with Crippen molar-refractivity contribution in [2.75, 3.05) is 11.1 Å². The molecule has 1 fully saturated rings. The van der Waals surface area contributed by atoms with Crippen LogP contribution in [0.15, 0.2) is 5.38 Å². The summed E-state index contributed by atoms with van der Waals surface area (Å²) in [5.74, 6) is 1.06. The number of anilines is 2. The number of carbonyl (C=O) groups excluding carboxylic acids is 1. The zero-order valence-electron chi connectivity index (χ0n) is 14.9. The molecule has 0 spiro atoms. The number of nitrogen functional groups attached to an aromatic ring is 1. The molecule has 0 aliphatic heterocycles. The summed E-state index contributed by atoms with van der Waals surface area (Å²) in [5, 5.41) is 6.16. The van der Waals surface area contributed by atoms with Crippen LogP contribution in [-0.2, 0) is 4.79 Å². The molecule has 136 valence electrons. The van der Waals surface area contributed by atoms with Gasteiger partial charge in [-0.1, -0.05) is 37.5 Å². The van der Waals surface area contributed by atoms with E-state index in [4.69, 9.17) is 5.73 Å². The molecule has 1 saturated carbocycles. The van der Waals surface area contributed by atoms with E-state index in [-0.39, 0.29) is 11.8 Å². The van der Waals surface area contributed by atoms with Gasteiger partial charge in [-0.25, -0.2) is 9.97 Å². The lowest BCUT2D eigenvalue weighted by atomic mass is 9.79. The van der Waals surface area contributed by atoms with Gasteiger partial charge in [0.2, 0.25) is 5.91 Å². The highest BCUT2D eigenvalue weighted by Gasteiger charge is 2.26. The number of unbranched alkanes of at least 4 members (excludes halogenated alkanes) is 1. The quantitative estimate of drug-likeness (QED) is 0.733. The molecule has 0 saturated heterocycles. The molecule has 0 atom stereocenters. The van der Waals surface area contributed by atoms with E-state index >= 15 is 0 Å². The topological polar surface area (TPSA) is 80.9 Å². The summed E-state index contributed by atoms with van der Waals surface area (Å²) in [5.41, 5.74) is 7.44. The standard InChI is InChI=1S/C18H26N4OS2/c1-3-4-5-12-6-8-13(9-7-12)16(23)22-18-20-11(2)15(25-18)14-10-24-17(19)21-14/h10,12-13H,3-9H2,1-2H3,(H2,19,21)(H,20,22,23). The van der Waals surface area contributed by atoms with Gasteiger partial charge < -0.3 is 11.1 Å². The van der Waals surface area contributed by atoms with Crippen molar-refractivity contribution in [3.63, 3.8) is 0 Å². The van der Waals surface area contributed by atoms with E-state index < -0.39 is 0 Å². The van der Waals surface area contributed by atoms with Crippen LogP contribution in [0.1, 0.15) is 57.6 Å². The molecule has 1 aliphatic rings. The van der Waals surface area contributed by atoms with Crippen LogP contribution in [0.3, 0.4) is 0 Å². The zero-order valence-corrected chi connectivity index (χ0v) is 16.5. The van der Waals surface area contributed by atoms with Gasteiger partial charge in [0, 0.05) is 11.3 Å². The fraction of sp³-hybridized carbons (Fsp3) is 0.611. The van der Waals surface area contributed by atoms with E-state index in [0.717, 1.165) is 35.0 Å². The van der Waals surface area contributed by atoms with Crippen molar-refractivity contribution in [2.24, 2.45) is 11.8 Å². The number of nitrogens with two attached hydrogens (primary N) is 1. The van der Waals surface area contributed by atoms with Crippen LogP contribution >= 0.6 is 22.7 Å². The molecule has 0 aromatic carbocycles. The molecule has 5 nitrogen and oxygen atoms in total. The first kappa shape index (κ1) is 18.3. The highest BCUT2D eigenvalue weighted by Crippen LogP contribution is 2.36. The van der Waals surface area contributed by atoms with Gasteiger partial charge in [0.1, 0.15) is 0 Å². The van der Waals surface area contributed by atoms with Crippen LogP contribution < -0.4 is 11.1 Å². The number of nitrogens with one attached hydrogen (secondary N) is 1. The van der Waals surface area contributed by atoms with Crippen LogP contribution in [0.5, 0.6) is 0 Å². The highest BCUT2D eigenvalue weighted by molar-refractivity contribution is 7.19. The second kappa shape index (κ2) is 8.27. The monoisotopic (exact) mass is 378 g/mol. The number of nitrogens with zero attached hydrogens (tertiary/aromatic N) is 2. The van der Waals surface area contributed by atoms with Gasteiger partial charge in [-0.3, -0.25) is 4.79 Å². The third kappa shape index (κ3) is 4.58. The van der Waals surface area contributed by atoms with Gasteiger partial charge in [-0.15, -0.1) is 11.3 Å². The molecule has 2 aromatic rings. The van der Waals surface area contributed by atoms with Gasteiger partial charge in [-0.2, -0.15) is 0 Å². The molecule has 0 radical (unpaired) electrons. The number of rotatable bonds is 6. The first-order chi connectivity index (χ1) is 12.1. The number of aromatic nitrogens is 2. The van der Waals surface area contributed by atoms with Crippen molar-refractivity contribution in [1.82, 2.24) is 9.97 Å². The van der Waals surface area contributed by atoms with Crippen LogP contribution in [0.4, 0.5) is 10.3 Å². The summed E-state index contributed by atoms with van der Waals surface area (Å²) in [7, 11) is 0. The van der Waals surface area contributed by atoms with Gasteiger partial charge >= 0.3 is 0 Å². The second-order valence-electron chi connectivity index (χ2n) is 6.85. The summed E-state index contributed by atoms with van der Waals surface area (Å²) in [6.45, 7) is 4.18. The van der Waals surface area contributed by atoms with E-state index in [2.05, 4.69) is 22.2 Å². The normalized spacial score (nSPS) is 20.6. The first-order valence-corrected chi connectivity index (χ1v) is 10.8. The molecule has 3 rings (SSSR count). The Morgan fingerprint density at radius 2 is 2.08 bits per heavy atom. The molecule has 0 unspecified atom stereocenters. The minimum Gasteiger partial charge on any atom is -0.375 e. The largest absolute Gasteiger partial charge is 0.375 e. The maximum absolute atomic E-state index is 12.6. The van der Waals surface area contributed by atoms with Crippen LogP contribution in [0.25, 0.3) is 10.6 Å². The lowest BCUT2D eigenvalue weighted by molar-refractivity contribution is -0.121. The minimum absolute atomic E-state index is 0.118. The van der Waals surface area contributed by atoms with E-state index in [1.54, 1.807) is 0 Å². The summed E-state index contributed by atoms with van der Waals surface area (Å²) < 4.78 is 0. The number of carbonyl (C=O) groups is 1. The number of amides is 1. The van der Waals surface area contributed by atoms with Crippen molar-refractivity contribution in [2.45, 2.75) is 58.8 Å². The van der Waals surface area contributed by atoms with Gasteiger partial charge in [0.15, 0.2) is 10.3 Å². The third-order valence-electron chi connectivity index (χ3n) is 4.96. The summed E-state index contributed by atoms with van der Waals surface area (Å²) in [4.78, 5) is 22.4. The van der Waals surface area contributed by atoms with Crippen molar-refractivity contribution in [3.05, 3.63) is 11.1 Å². The fourth-order valence-electron chi connectivity index (χ4n) is 3.49. The Labute approximate surface area is 157 Å². The molecule has 3 N–H and O–H groups in total. The molecular weight excluding hydrogens is 352 g/mol. The Morgan fingerprint density at radius 3 is 2.72 bits per heavy atom. The number of thiazole rings is 2. The predicted molar refractivity (Wildman–Crippen MR) is 106 cm³/mol. The highest BCUT2D eigenvalue weighted by atomic mass is 32.1. The predicted octanol–water partition coefficient (Wildman–Crippen LogP) is 5.09. The summed E-state index contributed by atoms with van der Waals surface area (Å²) >= 11 is 2.89.